The fourth-order valence-electron chi connectivity index (χ4n) is 4.54. The van der Waals surface area contributed by atoms with Crippen LogP contribution in [0, 0.1) is 0 Å². The molecule has 190 valence electrons. The zero-order valence-corrected chi connectivity index (χ0v) is 22.8. The van der Waals surface area contributed by atoms with E-state index in [0.717, 1.165) is 34.1 Å². The number of anilines is 4. The molecule has 0 saturated heterocycles. The Kier molecular flexibility index (Phi) is 9.15. The maximum Gasteiger partial charge on any atom is 0.0461 e. The minimum Gasteiger partial charge on any atom is -0.315 e. The molecule has 4 aromatic rings. The number of hydrogen-bond donors (Lipinski definition) is 0. The van der Waals surface area contributed by atoms with E-state index in [-0.39, 0.29) is 0 Å². The molecule has 0 heterocycles. The molecule has 0 atom stereocenters. The summed E-state index contributed by atoms with van der Waals surface area (Å²) >= 11 is 0. The third-order valence-electron chi connectivity index (χ3n) is 6.39. The highest BCUT2D eigenvalue weighted by atomic mass is 15.1. The molecule has 0 fully saturated rings. The van der Waals surface area contributed by atoms with Crippen molar-refractivity contribution in [2.45, 2.75) is 27.7 Å². The number of rotatable bonds is 9. The van der Waals surface area contributed by atoms with Gasteiger partial charge >= 0.3 is 0 Å². The van der Waals surface area contributed by atoms with Crippen molar-refractivity contribution < 1.29 is 0 Å². The van der Waals surface area contributed by atoms with E-state index in [0.29, 0.717) is 0 Å². The standard InChI is InChI=1S/C36H36N2/c1-5-8-16-29(4)37(33-17-11-9-12-18-33)35-25-21-30(22-26-35)31-23-27-36(28-24-31)38(32(7-3)15-6-2)34-19-13-10-14-20-34/h5-28H,1-4H3/b8-5-,15-6-,29-16+,32-7+. The van der Waals surface area contributed by atoms with Gasteiger partial charge < -0.3 is 9.80 Å². The molecular formula is C36H36N2. The normalized spacial score (nSPS) is 12.3. The van der Waals surface area contributed by atoms with Crippen LogP contribution >= 0.6 is 0 Å². The number of allylic oxidation sites excluding steroid dienone is 7. The SMILES string of the molecule is C/C=C\C=C(/C)N(c1ccccc1)c1ccc(-c2ccc(N(C(/C=C\C)=C/C)c3ccccc3)cc2)cc1. The second-order valence-electron chi connectivity index (χ2n) is 8.98. The lowest BCUT2D eigenvalue weighted by Gasteiger charge is -2.27. The number of hydrogen-bond acceptors (Lipinski definition) is 2. The molecule has 0 unspecified atom stereocenters. The summed E-state index contributed by atoms with van der Waals surface area (Å²) in [7, 11) is 0. The Labute approximate surface area is 228 Å². The fraction of sp³-hybridized carbons (Fsp3) is 0.111. The van der Waals surface area contributed by atoms with Gasteiger partial charge in [-0.25, -0.2) is 0 Å². The van der Waals surface area contributed by atoms with Gasteiger partial charge in [0.1, 0.15) is 0 Å². The first-order valence-electron chi connectivity index (χ1n) is 13.2. The van der Waals surface area contributed by atoms with E-state index in [1.807, 2.05) is 6.92 Å². The summed E-state index contributed by atoms with van der Waals surface area (Å²) in [5.41, 5.74) is 9.22. The summed E-state index contributed by atoms with van der Waals surface area (Å²) in [4.78, 5) is 4.56. The van der Waals surface area contributed by atoms with Crippen molar-refractivity contribution in [3.63, 3.8) is 0 Å². The van der Waals surface area contributed by atoms with Gasteiger partial charge in [-0.3, -0.25) is 0 Å². The second-order valence-corrected chi connectivity index (χ2v) is 8.98. The first-order valence-corrected chi connectivity index (χ1v) is 13.2. The number of nitrogens with zero attached hydrogens (tertiary/aromatic N) is 2. The molecule has 38 heavy (non-hydrogen) atoms. The van der Waals surface area contributed by atoms with Crippen LogP contribution < -0.4 is 9.80 Å². The molecule has 0 saturated carbocycles. The van der Waals surface area contributed by atoms with Crippen LogP contribution in [0.3, 0.4) is 0 Å². The van der Waals surface area contributed by atoms with Crippen LogP contribution in [0.25, 0.3) is 11.1 Å². The van der Waals surface area contributed by atoms with Gasteiger partial charge in [0.2, 0.25) is 0 Å². The number of benzene rings is 4. The van der Waals surface area contributed by atoms with E-state index < -0.39 is 0 Å². The molecule has 0 N–H and O–H groups in total. The number of para-hydroxylation sites is 2. The van der Waals surface area contributed by atoms with Crippen LogP contribution in [0.2, 0.25) is 0 Å². The molecule has 0 spiro atoms. The lowest BCUT2D eigenvalue weighted by molar-refractivity contribution is 1.16. The van der Waals surface area contributed by atoms with Crippen LogP contribution in [-0.2, 0) is 0 Å². The molecule has 0 aliphatic carbocycles. The van der Waals surface area contributed by atoms with E-state index >= 15 is 0 Å². The van der Waals surface area contributed by atoms with Gasteiger partial charge in [-0.2, -0.15) is 0 Å². The summed E-state index contributed by atoms with van der Waals surface area (Å²) in [5, 5.41) is 0. The van der Waals surface area contributed by atoms with Gasteiger partial charge in [0, 0.05) is 34.1 Å². The minimum atomic E-state index is 1.13. The van der Waals surface area contributed by atoms with Crippen molar-refractivity contribution >= 4 is 22.7 Å². The van der Waals surface area contributed by atoms with Crippen molar-refractivity contribution in [3.8, 4) is 11.1 Å². The minimum absolute atomic E-state index is 1.13. The molecule has 2 heteroatoms. The second kappa shape index (κ2) is 13.1. The third-order valence-corrected chi connectivity index (χ3v) is 6.39. The maximum atomic E-state index is 2.28. The molecule has 2 nitrogen and oxygen atoms in total. The van der Waals surface area contributed by atoms with Crippen molar-refractivity contribution in [3.05, 3.63) is 157 Å². The maximum absolute atomic E-state index is 2.28. The first kappa shape index (κ1) is 26.5. The van der Waals surface area contributed by atoms with Gasteiger partial charge in [0.15, 0.2) is 0 Å². The highest BCUT2D eigenvalue weighted by molar-refractivity contribution is 5.75. The average molecular weight is 497 g/mol. The van der Waals surface area contributed by atoms with E-state index in [1.54, 1.807) is 0 Å². The van der Waals surface area contributed by atoms with Crippen LogP contribution in [0.1, 0.15) is 27.7 Å². The third kappa shape index (κ3) is 6.22. The van der Waals surface area contributed by atoms with E-state index in [4.69, 9.17) is 0 Å². The summed E-state index contributed by atoms with van der Waals surface area (Å²) in [5.74, 6) is 0. The fourth-order valence-corrected chi connectivity index (χ4v) is 4.54. The summed E-state index contributed by atoms with van der Waals surface area (Å²) in [6, 6.07) is 38.6. The zero-order valence-electron chi connectivity index (χ0n) is 22.8. The lowest BCUT2D eigenvalue weighted by atomic mass is 10.0. The lowest BCUT2D eigenvalue weighted by Crippen LogP contribution is -2.14. The predicted molar refractivity (Wildman–Crippen MR) is 166 cm³/mol. The Bertz CT molecular complexity index is 1410. The van der Waals surface area contributed by atoms with E-state index in [2.05, 4.69) is 176 Å². The largest absolute Gasteiger partial charge is 0.315 e. The zero-order chi connectivity index (χ0) is 26.7. The van der Waals surface area contributed by atoms with Gasteiger partial charge in [-0.1, -0.05) is 85.0 Å². The first-order chi connectivity index (χ1) is 18.7. The Morgan fingerprint density at radius 2 is 0.974 bits per heavy atom. The Hall–Kier alpha value is -4.56. The molecule has 0 radical (unpaired) electrons. The molecule has 0 aliphatic rings. The van der Waals surface area contributed by atoms with Crippen molar-refractivity contribution in [1.82, 2.24) is 0 Å². The molecule has 4 aromatic carbocycles. The summed E-state index contributed by atoms with van der Waals surface area (Å²) in [6.45, 7) is 8.31. The van der Waals surface area contributed by atoms with Gasteiger partial charge in [0.25, 0.3) is 0 Å². The average Bonchev–Trinajstić information content (AvgIpc) is 2.98. The molecule has 0 aliphatic heterocycles. The highest BCUT2D eigenvalue weighted by Crippen LogP contribution is 2.34. The van der Waals surface area contributed by atoms with Crippen LogP contribution in [-0.4, -0.2) is 0 Å². The predicted octanol–water partition coefficient (Wildman–Crippen LogP) is 10.6. The Morgan fingerprint density at radius 3 is 1.42 bits per heavy atom. The van der Waals surface area contributed by atoms with Gasteiger partial charge in [-0.15, -0.1) is 0 Å². The topological polar surface area (TPSA) is 6.48 Å². The van der Waals surface area contributed by atoms with Crippen LogP contribution in [0.4, 0.5) is 22.7 Å². The molecular weight excluding hydrogens is 460 g/mol. The van der Waals surface area contributed by atoms with E-state index in [1.165, 1.54) is 11.1 Å². The molecule has 0 bridgehead atoms. The highest BCUT2D eigenvalue weighted by Gasteiger charge is 2.14. The van der Waals surface area contributed by atoms with Crippen LogP contribution in [0.5, 0.6) is 0 Å². The summed E-state index contributed by atoms with van der Waals surface area (Å²) < 4.78 is 0. The van der Waals surface area contributed by atoms with Crippen molar-refractivity contribution in [2.24, 2.45) is 0 Å². The van der Waals surface area contributed by atoms with E-state index in [9.17, 15) is 0 Å². The molecule has 0 aromatic heterocycles. The smallest absolute Gasteiger partial charge is 0.0461 e. The monoisotopic (exact) mass is 496 g/mol. The molecule has 4 rings (SSSR count). The molecule has 0 amide bonds. The Balaban J connectivity index is 1.65. The van der Waals surface area contributed by atoms with Gasteiger partial charge in [0.05, 0.1) is 0 Å². The summed E-state index contributed by atoms with van der Waals surface area (Å²) in [6.07, 6.45) is 12.6. The van der Waals surface area contributed by atoms with Crippen LogP contribution in [0.15, 0.2) is 157 Å². The Morgan fingerprint density at radius 1 is 0.526 bits per heavy atom. The van der Waals surface area contributed by atoms with Gasteiger partial charge in [-0.05, 0) is 99.5 Å². The quantitative estimate of drug-likeness (QED) is 0.213. The van der Waals surface area contributed by atoms with Crippen molar-refractivity contribution in [1.29, 1.82) is 0 Å². The van der Waals surface area contributed by atoms with Crippen molar-refractivity contribution in [2.75, 3.05) is 9.80 Å².